The van der Waals surface area contributed by atoms with E-state index >= 15 is 0 Å². The maximum atomic E-state index is 13.1. The van der Waals surface area contributed by atoms with Gasteiger partial charge in [0.05, 0.1) is 6.61 Å². The number of benzene rings is 1. The van der Waals surface area contributed by atoms with E-state index in [9.17, 15) is 8.78 Å². The molecule has 1 fully saturated rings. The van der Waals surface area contributed by atoms with Gasteiger partial charge in [-0.3, -0.25) is 0 Å². The fourth-order valence-corrected chi connectivity index (χ4v) is 1.48. The maximum absolute atomic E-state index is 13.1. The minimum Gasteiger partial charge on any atom is -0.490 e. The van der Waals surface area contributed by atoms with Crippen LogP contribution in [0.5, 0.6) is 5.75 Å². The molecule has 0 amide bonds. The van der Waals surface area contributed by atoms with Gasteiger partial charge in [0, 0.05) is 6.07 Å². The van der Waals surface area contributed by atoms with Crippen LogP contribution in [-0.2, 0) is 0 Å². The molecule has 0 aromatic heterocycles. The lowest BCUT2D eigenvalue weighted by Crippen LogP contribution is -2.42. The second-order valence-corrected chi connectivity index (χ2v) is 3.74. The standard InChI is InChI=1S/C11H13F2NO/c12-9-1-2-10(13)11(5-9)15-4-3-8-6-14-7-8/h1-2,5,8,14H,3-4,6-7H2. The molecule has 1 aromatic rings. The van der Waals surface area contributed by atoms with E-state index in [1.807, 2.05) is 0 Å². The largest absolute Gasteiger partial charge is 0.490 e. The highest BCUT2D eigenvalue weighted by Gasteiger charge is 2.16. The molecule has 1 aromatic carbocycles. The molecule has 0 bridgehead atoms. The lowest BCUT2D eigenvalue weighted by molar-refractivity contribution is 0.231. The molecule has 15 heavy (non-hydrogen) atoms. The number of hydrogen-bond acceptors (Lipinski definition) is 2. The van der Waals surface area contributed by atoms with Gasteiger partial charge in [0.2, 0.25) is 0 Å². The van der Waals surface area contributed by atoms with Crippen LogP contribution < -0.4 is 10.1 Å². The first-order chi connectivity index (χ1) is 7.25. The van der Waals surface area contributed by atoms with Crippen molar-refractivity contribution in [2.45, 2.75) is 6.42 Å². The Kier molecular flexibility index (Phi) is 3.16. The first-order valence-corrected chi connectivity index (χ1v) is 5.04. The van der Waals surface area contributed by atoms with E-state index in [1.165, 1.54) is 0 Å². The lowest BCUT2D eigenvalue weighted by Gasteiger charge is -2.26. The van der Waals surface area contributed by atoms with Gasteiger partial charge in [0.15, 0.2) is 11.6 Å². The Morgan fingerprint density at radius 1 is 1.33 bits per heavy atom. The maximum Gasteiger partial charge on any atom is 0.165 e. The highest BCUT2D eigenvalue weighted by Crippen LogP contribution is 2.19. The van der Waals surface area contributed by atoms with Crippen LogP contribution in [0.1, 0.15) is 6.42 Å². The zero-order chi connectivity index (χ0) is 10.7. The number of rotatable bonds is 4. The summed E-state index contributed by atoms with van der Waals surface area (Å²) in [5.74, 6) is -0.372. The summed E-state index contributed by atoms with van der Waals surface area (Å²) >= 11 is 0. The summed E-state index contributed by atoms with van der Waals surface area (Å²) < 4.78 is 31.0. The van der Waals surface area contributed by atoms with Gasteiger partial charge in [-0.05, 0) is 37.6 Å². The summed E-state index contributed by atoms with van der Waals surface area (Å²) in [5, 5.41) is 3.14. The summed E-state index contributed by atoms with van der Waals surface area (Å²) in [6, 6.07) is 3.24. The fourth-order valence-electron chi connectivity index (χ4n) is 1.48. The summed E-state index contributed by atoms with van der Waals surface area (Å²) in [5.41, 5.74) is 0. The Morgan fingerprint density at radius 2 is 2.13 bits per heavy atom. The minimum atomic E-state index is -0.511. The van der Waals surface area contributed by atoms with E-state index in [2.05, 4.69) is 5.32 Å². The van der Waals surface area contributed by atoms with E-state index in [4.69, 9.17) is 4.74 Å². The van der Waals surface area contributed by atoms with Crippen LogP contribution in [0.25, 0.3) is 0 Å². The molecule has 0 unspecified atom stereocenters. The van der Waals surface area contributed by atoms with Crippen LogP contribution in [0.4, 0.5) is 8.78 Å². The number of ether oxygens (including phenoxy) is 1. The van der Waals surface area contributed by atoms with Crippen molar-refractivity contribution in [3.05, 3.63) is 29.8 Å². The molecule has 0 saturated carbocycles. The average molecular weight is 213 g/mol. The third kappa shape index (κ3) is 2.65. The van der Waals surface area contributed by atoms with E-state index < -0.39 is 11.6 Å². The summed E-state index contributed by atoms with van der Waals surface area (Å²) in [6.45, 7) is 2.43. The molecule has 1 aliphatic heterocycles. The quantitative estimate of drug-likeness (QED) is 0.825. The second-order valence-electron chi connectivity index (χ2n) is 3.74. The van der Waals surface area contributed by atoms with Gasteiger partial charge in [-0.25, -0.2) is 8.78 Å². The highest BCUT2D eigenvalue weighted by molar-refractivity contribution is 5.24. The van der Waals surface area contributed by atoms with Gasteiger partial charge in [-0.2, -0.15) is 0 Å². The van der Waals surface area contributed by atoms with Gasteiger partial charge in [-0.15, -0.1) is 0 Å². The summed E-state index contributed by atoms with van der Waals surface area (Å²) in [6.07, 6.45) is 0.878. The van der Waals surface area contributed by atoms with E-state index in [1.54, 1.807) is 0 Å². The van der Waals surface area contributed by atoms with Gasteiger partial charge in [-0.1, -0.05) is 0 Å². The molecular formula is C11H13F2NO. The first-order valence-electron chi connectivity index (χ1n) is 5.04. The van der Waals surface area contributed by atoms with Crippen molar-refractivity contribution in [2.24, 2.45) is 5.92 Å². The smallest absolute Gasteiger partial charge is 0.165 e. The number of hydrogen-bond donors (Lipinski definition) is 1. The first kappa shape index (κ1) is 10.4. The average Bonchev–Trinajstić information content (AvgIpc) is 2.15. The van der Waals surface area contributed by atoms with Crippen molar-refractivity contribution in [1.29, 1.82) is 0 Å². The Bertz CT molecular complexity index is 339. The Balaban J connectivity index is 1.83. The highest BCUT2D eigenvalue weighted by atomic mass is 19.1. The van der Waals surface area contributed by atoms with Crippen molar-refractivity contribution in [1.82, 2.24) is 5.32 Å². The number of halogens is 2. The van der Waals surface area contributed by atoms with E-state index in [0.717, 1.165) is 37.7 Å². The van der Waals surface area contributed by atoms with Crippen molar-refractivity contribution >= 4 is 0 Å². The number of nitrogens with one attached hydrogen (secondary N) is 1. The predicted molar refractivity (Wildman–Crippen MR) is 52.8 cm³/mol. The normalized spacial score (nSPS) is 16.1. The molecule has 2 rings (SSSR count). The Hall–Kier alpha value is -1.16. The molecule has 1 heterocycles. The van der Waals surface area contributed by atoms with Crippen LogP contribution >= 0.6 is 0 Å². The third-order valence-corrected chi connectivity index (χ3v) is 2.54. The van der Waals surface area contributed by atoms with Gasteiger partial charge < -0.3 is 10.1 Å². The van der Waals surface area contributed by atoms with E-state index in [0.29, 0.717) is 12.5 Å². The Labute approximate surface area is 87.2 Å². The topological polar surface area (TPSA) is 21.3 Å². The zero-order valence-corrected chi connectivity index (χ0v) is 8.30. The molecule has 1 saturated heterocycles. The fraction of sp³-hybridized carbons (Fsp3) is 0.455. The minimum absolute atomic E-state index is 0.00211. The molecule has 82 valence electrons. The molecule has 2 nitrogen and oxygen atoms in total. The third-order valence-electron chi connectivity index (χ3n) is 2.54. The summed E-state index contributed by atoms with van der Waals surface area (Å²) in [7, 11) is 0. The SMILES string of the molecule is Fc1ccc(F)c(OCCC2CNC2)c1. The van der Waals surface area contributed by atoms with Crippen molar-refractivity contribution < 1.29 is 13.5 Å². The molecule has 1 aliphatic rings. The molecular weight excluding hydrogens is 200 g/mol. The molecule has 0 spiro atoms. The van der Waals surface area contributed by atoms with Crippen LogP contribution in [0.2, 0.25) is 0 Å². The van der Waals surface area contributed by atoms with Gasteiger partial charge in [0.25, 0.3) is 0 Å². The van der Waals surface area contributed by atoms with Crippen LogP contribution in [0.3, 0.4) is 0 Å². The van der Waals surface area contributed by atoms with Crippen LogP contribution in [0.15, 0.2) is 18.2 Å². The zero-order valence-electron chi connectivity index (χ0n) is 8.30. The van der Waals surface area contributed by atoms with Gasteiger partial charge >= 0.3 is 0 Å². The molecule has 0 radical (unpaired) electrons. The molecule has 1 N–H and O–H groups in total. The molecule has 0 atom stereocenters. The van der Waals surface area contributed by atoms with Crippen molar-refractivity contribution in [2.75, 3.05) is 19.7 Å². The second kappa shape index (κ2) is 4.57. The van der Waals surface area contributed by atoms with Crippen LogP contribution in [-0.4, -0.2) is 19.7 Å². The summed E-state index contributed by atoms with van der Waals surface area (Å²) in [4.78, 5) is 0. The van der Waals surface area contributed by atoms with Crippen molar-refractivity contribution in [3.8, 4) is 5.75 Å². The van der Waals surface area contributed by atoms with Gasteiger partial charge in [0.1, 0.15) is 5.82 Å². The van der Waals surface area contributed by atoms with E-state index in [-0.39, 0.29) is 5.75 Å². The Morgan fingerprint density at radius 3 is 2.80 bits per heavy atom. The monoisotopic (exact) mass is 213 g/mol. The lowest BCUT2D eigenvalue weighted by atomic mass is 10.0. The molecule has 0 aliphatic carbocycles. The van der Waals surface area contributed by atoms with Crippen molar-refractivity contribution in [3.63, 3.8) is 0 Å². The van der Waals surface area contributed by atoms with Crippen LogP contribution in [0, 0.1) is 17.6 Å². The predicted octanol–water partition coefficient (Wildman–Crippen LogP) is 1.95. The molecule has 4 heteroatoms.